The van der Waals surface area contributed by atoms with Crippen molar-refractivity contribution in [2.75, 3.05) is 0 Å². The van der Waals surface area contributed by atoms with Crippen molar-refractivity contribution in [1.29, 1.82) is 0 Å². The van der Waals surface area contributed by atoms with Gasteiger partial charge in [0, 0.05) is 11.5 Å². The van der Waals surface area contributed by atoms with E-state index in [0.717, 1.165) is 11.5 Å². The Hall–Kier alpha value is -0.980. The summed E-state index contributed by atoms with van der Waals surface area (Å²) in [5, 5.41) is 3.68. The molecule has 1 heterocycles. The first-order valence-electron chi connectivity index (χ1n) is 4.34. The minimum absolute atomic E-state index is 0.216. The zero-order valence-corrected chi connectivity index (χ0v) is 10.4. The van der Waals surface area contributed by atoms with Gasteiger partial charge < -0.3 is 0 Å². The lowest BCUT2D eigenvalue weighted by Crippen LogP contribution is -2.05. The molecule has 0 saturated heterocycles. The van der Waals surface area contributed by atoms with Crippen molar-refractivity contribution in [1.82, 2.24) is 9.59 Å². The first-order valence-corrected chi connectivity index (χ1v) is 7.14. The van der Waals surface area contributed by atoms with Crippen LogP contribution in [0.3, 0.4) is 0 Å². The van der Waals surface area contributed by atoms with Crippen LogP contribution in [-0.4, -0.2) is 18.0 Å². The zero-order valence-electron chi connectivity index (χ0n) is 8.00. The van der Waals surface area contributed by atoms with Gasteiger partial charge in [-0.2, -0.15) is 0 Å². The van der Waals surface area contributed by atoms with Gasteiger partial charge in [-0.15, -0.1) is 5.10 Å². The molecule has 0 amide bonds. The van der Waals surface area contributed by atoms with E-state index in [0.29, 0.717) is 10.0 Å². The third-order valence-corrected chi connectivity index (χ3v) is 4.57. The summed E-state index contributed by atoms with van der Waals surface area (Å²) >= 11 is 6.74. The molecule has 7 heteroatoms. The summed E-state index contributed by atoms with van der Waals surface area (Å²) in [5.41, 5.74) is 0.301. The minimum Gasteiger partial charge on any atom is -0.223 e. The smallest absolute Gasteiger partial charge is 0.184 e. The van der Waals surface area contributed by atoms with Crippen LogP contribution in [0.2, 0.25) is 4.34 Å². The Bertz CT molecular complexity index is 581. The number of sulfone groups is 1. The summed E-state index contributed by atoms with van der Waals surface area (Å²) in [6.45, 7) is 0. The molecule has 0 spiro atoms. The number of hydrogen-bond acceptors (Lipinski definition) is 5. The van der Waals surface area contributed by atoms with Gasteiger partial charge in [0.05, 0.1) is 4.90 Å². The van der Waals surface area contributed by atoms with Crippen LogP contribution in [0.4, 0.5) is 0 Å². The SMILES string of the molecule is O=S(=O)(Cc1nnsc1Cl)c1ccccc1. The van der Waals surface area contributed by atoms with Gasteiger partial charge in [-0.3, -0.25) is 0 Å². The largest absolute Gasteiger partial charge is 0.223 e. The van der Waals surface area contributed by atoms with Crippen LogP contribution in [0.15, 0.2) is 35.2 Å². The maximum Gasteiger partial charge on any atom is 0.184 e. The van der Waals surface area contributed by atoms with Crippen LogP contribution in [0, 0.1) is 0 Å². The van der Waals surface area contributed by atoms with Gasteiger partial charge in [-0.05, 0) is 12.1 Å². The Labute approximate surface area is 102 Å². The van der Waals surface area contributed by atoms with E-state index in [4.69, 9.17) is 11.6 Å². The van der Waals surface area contributed by atoms with Gasteiger partial charge in [-0.25, -0.2) is 8.42 Å². The van der Waals surface area contributed by atoms with E-state index < -0.39 is 9.84 Å². The molecule has 0 radical (unpaired) electrons. The molecule has 0 aliphatic carbocycles. The van der Waals surface area contributed by atoms with Crippen molar-refractivity contribution >= 4 is 33.0 Å². The lowest BCUT2D eigenvalue weighted by Gasteiger charge is -2.01. The highest BCUT2D eigenvalue weighted by Gasteiger charge is 2.18. The normalized spacial score (nSPS) is 11.6. The monoisotopic (exact) mass is 274 g/mol. The van der Waals surface area contributed by atoms with Gasteiger partial charge in [0.1, 0.15) is 15.8 Å². The molecule has 0 unspecified atom stereocenters. The average Bonchev–Trinajstić information content (AvgIpc) is 2.65. The second kappa shape index (κ2) is 4.48. The number of halogens is 1. The fourth-order valence-corrected chi connectivity index (χ4v) is 3.27. The van der Waals surface area contributed by atoms with E-state index in [1.165, 1.54) is 0 Å². The quantitative estimate of drug-likeness (QED) is 0.861. The van der Waals surface area contributed by atoms with Crippen LogP contribution in [0.25, 0.3) is 0 Å². The Morgan fingerprint density at radius 2 is 1.94 bits per heavy atom. The molecule has 0 aliphatic heterocycles. The molecular formula is C9H7ClN2O2S2. The zero-order chi connectivity index (χ0) is 11.6. The Morgan fingerprint density at radius 1 is 1.25 bits per heavy atom. The topological polar surface area (TPSA) is 59.9 Å². The Kier molecular flexibility index (Phi) is 3.22. The molecular weight excluding hydrogens is 268 g/mol. The maximum atomic E-state index is 11.9. The van der Waals surface area contributed by atoms with Crippen molar-refractivity contribution in [3.8, 4) is 0 Å². The van der Waals surface area contributed by atoms with Crippen molar-refractivity contribution in [3.63, 3.8) is 0 Å². The molecule has 1 aromatic heterocycles. The fourth-order valence-electron chi connectivity index (χ4n) is 1.17. The Morgan fingerprint density at radius 3 is 2.50 bits per heavy atom. The molecule has 0 N–H and O–H groups in total. The van der Waals surface area contributed by atoms with E-state index in [1.54, 1.807) is 30.3 Å². The highest BCUT2D eigenvalue weighted by atomic mass is 35.5. The molecule has 2 aromatic rings. The van der Waals surface area contributed by atoms with Crippen molar-refractivity contribution in [3.05, 3.63) is 40.4 Å². The molecule has 0 aliphatic rings. The summed E-state index contributed by atoms with van der Waals surface area (Å²) in [6, 6.07) is 8.20. The molecule has 0 fully saturated rings. The summed E-state index contributed by atoms with van der Waals surface area (Å²) in [4.78, 5) is 0.263. The Balaban J connectivity index is 2.32. The first kappa shape index (κ1) is 11.5. The van der Waals surface area contributed by atoms with Crippen LogP contribution < -0.4 is 0 Å². The number of rotatable bonds is 3. The van der Waals surface area contributed by atoms with Crippen molar-refractivity contribution < 1.29 is 8.42 Å². The summed E-state index contributed by atoms with van der Waals surface area (Å²) in [6.07, 6.45) is 0. The summed E-state index contributed by atoms with van der Waals surface area (Å²) in [5.74, 6) is -0.216. The van der Waals surface area contributed by atoms with Gasteiger partial charge in [0.15, 0.2) is 9.84 Å². The van der Waals surface area contributed by atoms with Crippen LogP contribution in [-0.2, 0) is 15.6 Å². The van der Waals surface area contributed by atoms with E-state index in [2.05, 4.69) is 9.59 Å². The second-order valence-corrected chi connectivity index (χ2v) is 6.41. The molecule has 1 aromatic carbocycles. The number of hydrogen-bond donors (Lipinski definition) is 0. The first-order chi connectivity index (χ1) is 7.59. The molecule has 16 heavy (non-hydrogen) atoms. The number of nitrogens with zero attached hydrogens (tertiary/aromatic N) is 2. The van der Waals surface area contributed by atoms with E-state index >= 15 is 0 Å². The molecule has 4 nitrogen and oxygen atoms in total. The predicted molar refractivity (Wildman–Crippen MR) is 62.3 cm³/mol. The van der Waals surface area contributed by atoms with Crippen LogP contribution in [0.5, 0.6) is 0 Å². The highest BCUT2D eigenvalue weighted by molar-refractivity contribution is 7.90. The highest BCUT2D eigenvalue weighted by Crippen LogP contribution is 2.22. The second-order valence-electron chi connectivity index (χ2n) is 3.07. The fraction of sp³-hybridized carbons (Fsp3) is 0.111. The lowest BCUT2D eigenvalue weighted by atomic mass is 10.4. The van der Waals surface area contributed by atoms with E-state index in [1.807, 2.05) is 0 Å². The summed E-state index contributed by atoms with van der Waals surface area (Å²) < 4.78 is 27.8. The van der Waals surface area contributed by atoms with Crippen LogP contribution in [0.1, 0.15) is 5.69 Å². The lowest BCUT2D eigenvalue weighted by molar-refractivity contribution is 0.594. The van der Waals surface area contributed by atoms with Gasteiger partial charge in [0.2, 0.25) is 0 Å². The third kappa shape index (κ3) is 2.40. The van der Waals surface area contributed by atoms with Crippen molar-refractivity contribution in [2.24, 2.45) is 0 Å². The van der Waals surface area contributed by atoms with Gasteiger partial charge >= 0.3 is 0 Å². The predicted octanol–water partition coefficient (Wildman–Crippen LogP) is 2.17. The molecule has 84 valence electrons. The third-order valence-electron chi connectivity index (χ3n) is 1.94. The molecule has 2 rings (SSSR count). The van der Waals surface area contributed by atoms with Gasteiger partial charge in [-0.1, -0.05) is 34.3 Å². The van der Waals surface area contributed by atoms with Crippen molar-refractivity contribution in [2.45, 2.75) is 10.6 Å². The molecule has 0 atom stereocenters. The molecule has 0 saturated carbocycles. The number of benzene rings is 1. The minimum atomic E-state index is -3.39. The number of aromatic nitrogens is 2. The van der Waals surface area contributed by atoms with E-state index in [9.17, 15) is 8.42 Å². The van der Waals surface area contributed by atoms with Crippen LogP contribution >= 0.6 is 23.1 Å². The maximum absolute atomic E-state index is 11.9. The van der Waals surface area contributed by atoms with E-state index in [-0.39, 0.29) is 10.6 Å². The summed E-state index contributed by atoms with van der Waals surface area (Å²) in [7, 11) is -3.39. The average molecular weight is 275 g/mol. The molecule has 0 bridgehead atoms. The standard InChI is InChI=1S/C9H7ClN2O2S2/c10-9-8(11-12-15-9)6-16(13,14)7-4-2-1-3-5-7/h1-5H,6H2. The van der Waals surface area contributed by atoms with Gasteiger partial charge in [0.25, 0.3) is 0 Å².